The highest BCUT2D eigenvalue weighted by atomic mass is 19.4. The van der Waals surface area contributed by atoms with E-state index in [9.17, 15) is 13.2 Å². The van der Waals surface area contributed by atoms with Crippen molar-refractivity contribution in [2.24, 2.45) is 0 Å². The Balaban J connectivity index is 1.91. The summed E-state index contributed by atoms with van der Waals surface area (Å²) in [6.45, 7) is 1.83. The molecule has 1 N–H and O–H groups in total. The fourth-order valence-electron chi connectivity index (χ4n) is 1.31. The second kappa shape index (κ2) is 4.39. The number of alkyl halides is 3. The van der Waals surface area contributed by atoms with E-state index in [0.29, 0.717) is 25.8 Å². The third-order valence-corrected chi connectivity index (χ3v) is 2.35. The molecule has 1 aliphatic rings. The van der Waals surface area contributed by atoms with Crippen LogP contribution in [0.3, 0.4) is 0 Å². The van der Waals surface area contributed by atoms with Gasteiger partial charge in [0.05, 0.1) is 19.3 Å². The molecule has 16 heavy (non-hydrogen) atoms. The molecule has 0 unspecified atom stereocenters. The first-order valence-corrected chi connectivity index (χ1v) is 4.89. The number of hydrogen-bond acceptors (Lipinski definition) is 3. The van der Waals surface area contributed by atoms with Gasteiger partial charge in [0.25, 0.3) is 0 Å². The molecular weight excluding hydrogens is 221 g/mol. The van der Waals surface area contributed by atoms with Gasteiger partial charge in [-0.1, -0.05) is 6.07 Å². The second-order valence-corrected chi connectivity index (χ2v) is 3.66. The number of nitrogens with one attached hydrogen (secondary N) is 1. The van der Waals surface area contributed by atoms with E-state index in [-0.39, 0.29) is 0 Å². The number of aromatic nitrogens is 1. The van der Waals surface area contributed by atoms with E-state index in [1.165, 1.54) is 12.3 Å². The zero-order valence-electron chi connectivity index (χ0n) is 8.42. The summed E-state index contributed by atoms with van der Waals surface area (Å²) in [7, 11) is 0. The lowest BCUT2D eigenvalue weighted by Crippen LogP contribution is -2.45. The lowest BCUT2D eigenvalue weighted by molar-refractivity contribution is -0.141. The average Bonchev–Trinajstić information content (AvgIpc) is 2.15. The van der Waals surface area contributed by atoms with Gasteiger partial charge >= 0.3 is 6.18 Å². The predicted octanol–water partition coefficient (Wildman–Crippen LogP) is 1.59. The molecule has 1 aliphatic heterocycles. The summed E-state index contributed by atoms with van der Waals surface area (Å²) in [5.41, 5.74) is -0.122. The molecule has 0 atom stereocenters. The first kappa shape index (κ1) is 11.3. The highest BCUT2D eigenvalue weighted by Gasteiger charge is 2.32. The Morgan fingerprint density at radius 3 is 2.56 bits per heavy atom. The van der Waals surface area contributed by atoms with E-state index in [1.807, 2.05) is 0 Å². The predicted molar refractivity (Wildman–Crippen MR) is 50.7 cm³/mol. The molecule has 0 aromatic carbocycles. The molecule has 0 aliphatic carbocycles. The summed E-state index contributed by atoms with van der Waals surface area (Å²) in [4.78, 5) is 3.38. The first-order chi connectivity index (χ1) is 7.55. The molecule has 0 radical (unpaired) electrons. The van der Waals surface area contributed by atoms with Crippen LogP contribution in [-0.2, 0) is 17.5 Å². The number of halogens is 3. The minimum Gasteiger partial charge on any atom is -0.378 e. The summed E-state index contributed by atoms with van der Waals surface area (Å²) < 4.78 is 41.6. The van der Waals surface area contributed by atoms with Crippen molar-refractivity contribution in [1.82, 2.24) is 10.3 Å². The molecular formula is C10H11F3N2O. The van der Waals surface area contributed by atoms with Crippen LogP contribution in [0, 0.1) is 0 Å². The molecule has 0 bridgehead atoms. The number of rotatable bonds is 3. The standard InChI is InChI=1S/C10H11F3N2O/c11-10(12,13)9-2-1-7(4-15-9)3-14-8-5-16-6-8/h1-2,4,8,14H,3,5-6H2. The van der Waals surface area contributed by atoms with Crippen LogP contribution in [-0.4, -0.2) is 24.2 Å². The van der Waals surface area contributed by atoms with Crippen LogP contribution in [0.25, 0.3) is 0 Å². The molecule has 0 amide bonds. The highest BCUT2D eigenvalue weighted by molar-refractivity contribution is 5.15. The Morgan fingerprint density at radius 1 is 1.38 bits per heavy atom. The van der Waals surface area contributed by atoms with Crippen molar-refractivity contribution in [3.05, 3.63) is 29.6 Å². The van der Waals surface area contributed by atoms with E-state index in [4.69, 9.17) is 4.74 Å². The van der Waals surface area contributed by atoms with Crippen LogP contribution in [0.15, 0.2) is 18.3 Å². The summed E-state index contributed by atoms with van der Waals surface area (Å²) in [5, 5.41) is 3.15. The minimum absolute atomic E-state index is 0.308. The largest absolute Gasteiger partial charge is 0.433 e. The van der Waals surface area contributed by atoms with E-state index in [1.54, 1.807) is 0 Å². The van der Waals surface area contributed by atoms with Gasteiger partial charge in [-0.3, -0.25) is 4.98 Å². The summed E-state index contributed by atoms with van der Waals surface area (Å²) in [6, 6.07) is 2.73. The Hall–Kier alpha value is -1.14. The molecule has 0 saturated carbocycles. The molecule has 2 rings (SSSR count). The Kier molecular flexibility index (Phi) is 3.11. The van der Waals surface area contributed by atoms with Crippen LogP contribution in [0.2, 0.25) is 0 Å². The quantitative estimate of drug-likeness (QED) is 0.859. The molecule has 0 spiro atoms. The molecule has 1 aromatic heterocycles. The lowest BCUT2D eigenvalue weighted by Gasteiger charge is -2.26. The second-order valence-electron chi connectivity index (χ2n) is 3.66. The molecule has 1 saturated heterocycles. The highest BCUT2D eigenvalue weighted by Crippen LogP contribution is 2.27. The van der Waals surface area contributed by atoms with Crippen LogP contribution in [0.1, 0.15) is 11.3 Å². The van der Waals surface area contributed by atoms with Gasteiger partial charge in [-0.2, -0.15) is 13.2 Å². The van der Waals surface area contributed by atoms with Gasteiger partial charge < -0.3 is 10.1 Å². The molecule has 2 heterocycles. The van der Waals surface area contributed by atoms with E-state index in [2.05, 4.69) is 10.3 Å². The SMILES string of the molecule is FC(F)(F)c1ccc(CNC2COC2)cn1. The number of nitrogens with zero attached hydrogens (tertiary/aromatic N) is 1. The average molecular weight is 232 g/mol. The zero-order chi connectivity index (χ0) is 11.6. The van der Waals surface area contributed by atoms with Crippen molar-refractivity contribution in [3.63, 3.8) is 0 Å². The van der Waals surface area contributed by atoms with Crippen molar-refractivity contribution < 1.29 is 17.9 Å². The first-order valence-electron chi connectivity index (χ1n) is 4.89. The number of hydrogen-bond donors (Lipinski definition) is 1. The van der Waals surface area contributed by atoms with Gasteiger partial charge in [-0.05, 0) is 11.6 Å². The number of pyridine rings is 1. The molecule has 6 heteroatoms. The van der Waals surface area contributed by atoms with Crippen LogP contribution in [0.5, 0.6) is 0 Å². The third kappa shape index (κ3) is 2.70. The summed E-state index contributed by atoms with van der Waals surface area (Å²) in [5.74, 6) is 0. The Bertz CT molecular complexity index is 346. The maximum atomic E-state index is 12.2. The van der Waals surface area contributed by atoms with Gasteiger partial charge in [-0.15, -0.1) is 0 Å². The molecule has 1 aromatic rings. The van der Waals surface area contributed by atoms with Crippen molar-refractivity contribution in [2.75, 3.05) is 13.2 Å². The fraction of sp³-hybridized carbons (Fsp3) is 0.500. The monoisotopic (exact) mass is 232 g/mol. The van der Waals surface area contributed by atoms with Gasteiger partial charge in [-0.25, -0.2) is 0 Å². The maximum absolute atomic E-state index is 12.2. The fourth-order valence-corrected chi connectivity index (χ4v) is 1.31. The van der Waals surface area contributed by atoms with Crippen molar-refractivity contribution in [3.8, 4) is 0 Å². The summed E-state index contributed by atoms with van der Waals surface area (Å²) >= 11 is 0. The maximum Gasteiger partial charge on any atom is 0.433 e. The normalized spacial score (nSPS) is 17.2. The van der Waals surface area contributed by atoms with Crippen molar-refractivity contribution in [2.45, 2.75) is 18.8 Å². The third-order valence-electron chi connectivity index (χ3n) is 2.35. The van der Waals surface area contributed by atoms with Gasteiger partial charge in [0.2, 0.25) is 0 Å². The Labute approximate surface area is 90.6 Å². The Morgan fingerprint density at radius 2 is 2.12 bits per heavy atom. The van der Waals surface area contributed by atoms with E-state index < -0.39 is 11.9 Å². The van der Waals surface area contributed by atoms with E-state index in [0.717, 1.165) is 11.6 Å². The topological polar surface area (TPSA) is 34.1 Å². The van der Waals surface area contributed by atoms with Crippen molar-refractivity contribution >= 4 is 0 Å². The van der Waals surface area contributed by atoms with Gasteiger partial charge in [0.15, 0.2) is 0 Å². The molecule has 88 valence electrons. The van der Waals surface area contributed by atoms with Crippen LogP contribution < -0.4 is 5.32 Å². The molecule has 1 fully saturated rings. The smallest absolute Gasteiger partial charge is 0.378 e. The summed E-state index contributed by atoms with van der Waals surface area (Å²) in [6.07, 6.45) is -3.12. The number of ether oxygens (including phenoxy) is 1. The molecule has 3 nitrogen and oxygen atoms in total. The van der Waals surface area contributed by atoms with Gasteiger partial charge in [0.1, 0.15) is 5.69 Å². The van der Waals surface area contributed by atoms with E-state index >= 15 is 0 Å². The van der Waals surface area contributed by atoms with Crippen molar-refractivity contribution in [1.29, 1.82) is 0 Å². The van der Waals surface area contributed by atoms with Gasteiger partial charge in [0, 0.05) is 12.7 Å². The van der Waals surface area contributed by atoms with Crippen LogP contribution >= 0.6 is 0 Å². The lowest BCUT2D eigenvalue weighted by atomic mass is 10.2. The zero-order valence-corrected chi connectivity index (χ0v) is 8.42. The van der Waals surface area contributed by atoms with Crippen LogP contribution in [0.4, 0.5) is 13.2 Å². The minimum atomic E-state index is -4.37.